The van der Waals surface area contributed by atoms with Crippen molar-refractivity contribution in [2.75, 3.05) is 19.0 Å². The van der Waals surface area contributed by atoms with Crippen LogP contribution >= 0.6 is 11.6 Å². The number of halogens is 1. The molecule has 0 aliphatic carbocycles. The van der Waals surface area contributed by atoms with Crippen LogP contribution in [0.1, 0.15) is 16.2 Å². The van der Waals surface area contributed by atoms with Crippen LogP contribution in [0.4, 0.5) is 5.69 Å². The van der Waals surface area contributed by atoms with Gasteiger partial charge in [-0.25, -0.2) is 4.79 Å². The van der Waals surface area contributed by atoms with Gasteiger partial charge in [0.15, 0.2) is 12.3 Å². The summed E-state index contributed by atoms with van der Waals surface area (Å²) in [6.45, 7) is 1.17. The van der Waals surface area contributed by atoms with Crippen LogP contribution in [0.3, 0.4) is 0 Å². The molecule has 0 atom stereocenters. The van der Waals surface area contributed by atoms with E-state index in [4.69, 9.17) is 21.1 Å². The Morgan fingerprint density at radius 1 is 1.14 bits per heavy atom. The van der Waals surface area contributed by atoms with E-state index in [0.717, 1.165) is 0 Å². The molecule has 0 unspecified atom stereocenters. The number of amides is 1. The first-order valence-corrected chi connectivity index (χ1v) is 8.65. The van der Waals surface area contributed by atoms with Gasteiger partial charge >= 0.3 is 5.97 Å². The van der Waals surface area contributed by atoms with Crippen molar-refractivity contribution in [2.45, 2.75) is 6.92 Å². The van der Waals surface area contributed by atoms with Crippen molar-refractivity contribution < 1.29 is 19.1 Å². The third kappa shape index (κ3) is 4.47. The molecule has 0 aliphatic heterocycles. The zero-order valence-corrected chi connectivity index (χ0v) is 15.9. The number of ether oxygens (including phenoxy) is 2. The molecule has 28 heavy (non-hydrogen) atoms. The first-order valence-electron chi connectivity index (χ1n) is 8.28. The number of anilines is 1. The second-order valence-corrected chi connectivity index (χ2v) is 6.14. The lowest BCUT2D eigenvalue weighted by Gasteiger charge is -2.08. The molecule has 3 rings (SSSR count). The van der Waals surface area contributed by atoms with E-state index in [2.05, 4.69) is 15.5 Å². The molecule has 2 aromatic carbocycles. The number of hydrogen-bond acceptors (Lipinski definition) is 6. The fraction of sp³-hybridized carbons (Fsp3) is 0.158. The molecule has 0 fully saturated rings. The topological polar surface area (TPSA) is 95.3 Å². The van der Waals surface area contributed by atoms with Crippen LogP contribution in [0, 0.1) is 6.92 Å². The minimum Gasteiger partial charge on any atom is -0.495 e. The monoisotopic (exact) mass is 400 g/mol. The third-order valence-electron chi connectivity index (χ3n) is 3.73. The molecule has 0 radical (unpaired) electrons. The lowest BCUT2D eigenvalue weighted by atomic mass is 10.3. The molecule has 0 bridgehead atoms. The van der Waals surface area contributed by atoms with Crippen LogP contribution in [0.5, 0.6) is 5.75 Å². The molecule has 0 aliphatic rings. The van der Waals surface area contributed by atoms with Gasteiger partial charge in [-0.1, -0.05) is 29.8 Å². The highest BCUT2D eigenvalue weighted by molar-refractivity contribution is 6.32. The van der Waals surface area contributed by atoms with Gasteiger partial charge in [0.1, 0.15) is 5.75 Å². The summed E-state index contributed by atoms with van der Waals surface area (Å²) in [5.41, 5.74) is 1.61. The fourth-order valence-corrected chi connectivity index (χ4v) is 2.64. The molecule has 1 heterocycles. The fourth-order valence-electron chi connectivity index (χ4n) is 2.38. The summed E-state index contributed by atoms with van der Waals surface area (Å²) < 4.78 is 10.1. The molecule has 1 amide bonds. The van der Waals surface area contributed by atoms with Crippen LogP contribution in [0.25, 0.3) is 5.69 Å². The smallest absolute Gasteiger partial charge is 0.361 e. The third-order valence-corrected chi connectivity index (χ3v) is 4.03. The first-order chi connectivity index (χ1) is 13.5. The van der Waals surface area contributed by atoms with Crippen molar-refractivity contribution in [2.24, 2.45) is 0 Å². The number of methoxy groups -OCH3 is 1. The summed E-state index contributed by atoms with van der Waals surface area (Å²) in [5.74, 6) is -0.756. The Labute approximate surface area is 166 Å². The summed E-state index contributed by atoms with van der Waals surface area (Å²) >= 11 is 6.01. The van der Waals surface area contributed by atoms with Crippen LogP contribution < -0.4 is 10.1 Å². The van der Waals surface area contributed by atoms with Crippen molar-refractivity contribution >= 4 is 29.2 Å². The standard InChI is InChI=1S/C19H17ClN4O4/c1-12-18(23-24(22-12)14-6-4-3-5-7-14)19(26)28-11-17(25)21-13-8-9-16(27-2)15(20)10-13/h3-10H,11H2,1-2H3,(H,21,25). The zero-order valence-electron chi connectivity index (χ0n) is 15.2. The average molecular weight is 401 g/mol. The van der Waals surface area contributed by atoms with Gasteiger partial charge < -0.3 is 14.8 Å². The highest BCUT2D eigenvalue weighted by Gasteiger charge is 2.19. The molecule has 0 saturated heterocycles. The number of nitrogens with one attached hydrogen (secondary N) is 1. The van der Waals surface area contributed by atoms with Gasteiger partial charge in [0.2, 0.25) is 0 Å². The number of nitrogens with zero attached hydrogens (tertiary/aromatic N) is 3. The highest BCUT2D eigenvalue weighted by Crippen LogP contribution is 2.27. The van der Waals surface area contributed by atoms with Crippen molar-refractivity contribution in [3.8, 4) is 11.4 Å². The summed E-state index contributed by atoms with van der Waals surface area (Å²) in [5, 5.41) is 11.3. The van der Waals surface area contributed by atoms with Crippen molar-refractivity contribution in [3.05, 3.63) is 64.9 Å². The Hall–Kier alpha value is -3.39. The van der Waals surface area contributed by atoms with Crippen LogP contribution in [-0.4, -0.2) is 40.6 Å². The molecule has 9 heteroatoms. The van der Waals surface area contributed by atoms with E-state index in [-0.39, 0.29) is 5.69 Å². The van der Waals surface area contributed by atoms with Crippen LogP contribution in [0.15, 0.2) is 48.5 Å². The predicted octanol–water partition coefficient (Wildman–Crippen LogP) is 3.03. The molecule has 0 saturated carbocycles. The van der Waals surface area contributed by atoms with Crippen LogP contribution in [-0.2, 0) is 9.53 Å². The number of esters is 1. The predicted molar refractivity (Wildman–Crippen MR) is 103 cm³/mol. The number of carbonyl (C=O) groups is 2. The molecule has 1 aromatic heterocycles. The average Bonchev–Trinajstić information content (AvgIpc) is 3.09. The van der Waals surface area contributed by atoms with Gasteiger partial charge in [-0.3, -0.25) is 4.79 Å². The minimum absolute atomic E-state index is 0.0455. The lowest BCUT2D eigenvalue weighted by Crippen LogP contribution is -2.21. The second kappa shape index (κ2) is 8.53. The zero-order chi connectivity index (χ0) is 20.1. The molecule has 1 N–H and O–H groups in total. The molecular formula is C19H17ClN4O4. The van der Waals surface area contributed by atoms with E-state index in [1.165, 1.54) is 18.0 Å². The second-order valence-electron chi connectivity index (χ2n) is 5.73. The number of aryl methyl sites for hydroxylation is 1. The van der Waals surface area contributed by atoms with E-state index in [0.29, 0.717) is 27.8 Å². The number of rotatable bonds is 6. The van der Waals surface area contributed by atoms with Crippen LogP contribution in [0.2, 0.25) is 5.02 Å². The van der Waals surface area contributed by atoms with Gasteiger partial charge in [-0.05, 0) is 37.3 Å². The summed E-state index contributed by atoms with van der Waals surface area (Å²) in [6, 6.07) is 13.9. The number of carbonyl (C=O) groups excluding carboxylic acids is 2. The van der Waals surface area contributed by atoms with Gasteiger partial charge in [0.25, 0.3) is 5.91 Å². The lowest BCUT2D eigenvalue weighted by molar-refractivity contribution is -0.119. The Morgan fingerprint density at radius 2 is 1.89 bits per heavy atom. The molecule has 3 aromatic rings. The number of hydrogen-bond donors (Lipinski definition) is 1. The maximum Gasteiger partial charge on any atom is 0.361 e. The largest absolute Gasteiger partial charge is 0.495 e. The SMILES string of the molecule is COc1ccc(NC(=O)COC(=O)c2nn(-c3ccccc3)nc2C)cc1Cl. The van der Waals surface area contributed by atoms with Gasteiger partial charge in [0.05, 0.1) is 23.5 Å². The molecular weight excluding hydrogens is 384 g/mol. The first kappa shape index (κ1) is 19.4. The Balaban J connectivity index is 1.60. The maximum atomic E-state index is 12.2. The summed E-state index contributed by atoms with van der Waals surface area (Å²) in [4.78, 5) is 25.6. The summed E-state index contributed by atoms with van der Waals surface area (Å²) in [6.07, 6.45) is 0. The molecule has 8 nitrogen and oxygen atoms in total. The van der Waals surface area contributed by atoms with Gasteiger partial charge in [0, 0.05) is 5.69 Å². The summed E-state index contributed by atoms with van der Waals surface area (Å²) in [7, 11) is 1.49. The van der Waals surface area contributed by atoms with Crippen molar-refractivity contribution in [3.63, 3.8) is 0 Å². The number of benzene rings is 2. The minimum atomic E-state index is -0.734. The van der Waals surface area contributed by atoms with E-state index in [1.807, 2.05) is 30.3 Å². The van der Waals surface area contributed by atoms with E-state index in [9.17, 15) is 9.59 Å². The van der Waals surface area contributed by atoms with Crippen molar-refractivity contribution in [1.29, 1.82) is 0 Å². The van der Waals surface area contributed by atoms with Gasteiger partial charge in [-0.2, -0.15) is 9.90 Å². The Morgan fingerprint density at radius 3 is 2.57 bits per heavy atom. The number of aromatic nitrogens is 3. The molecule has 0 spiro atoms. The normalized spacial score (nSPS) is 10.4. The Bertz CT molecular complexity index is 1000. The van der Waals surface area contributed by atoms with E-state index >= 15 is 0 Å². The van der Waals surface area contributed by atoms with E-state index in [1.54, 1.807) is 19.1 Å². The number of para-hydroxylation sites is 1. The van der Waals surface area contributed by atoms with Gasteiger partial charge in [-0.15, -0.1) is 5.10 Å². The van der Waals surface area contributed by atoms with Crippen molar-refractivity contribution in [1.82, 2.24) is 15.0 Å². The quantitative estimate of drug-likeness (QED) is 0.639. The van der Waals surface area contributed by atoms with E-state index < -0.39 is 18.5 Å². The Kier molecular flexibility index (Phi) is 5.90. The molecule has 144 valence electrons. The highest BCUT2D eigenvalue weighted by atomic mass is 35.5. The maximum absolute atomic E-state index is 12.2.